The van der Waals surface area contributed by atoms with E-state index in [0.29, 0.717) is 0 Å². The SMILES string of the molecule is N#C[C@@H]1CCC[C@H](C#N)C1. The van der Waals surface area contributed by atoms with E-state index in [1.54, 1.807) is 0 Å². The minimum absolute atomic E-state index is 0.151. The lowest BCUT2D eigenvalue weighted by atomic mass is 9.83. The van der Waals surface area contributed by atoms with Crippen molar-refractivity contribution in [2.24, 2.45) is 11.8 Å². The van der Waals surface area contributed by atoms with Crippen LogP contribution < -0.4 is 0 Å². The molecular weight excluding hydrogens is 124 g/mol. The van der Waals surface area contributed by atoms with Crippen LogP contribution in [0.4, 0.5) is 0 Å². The van der Waals surface area contributed by atoms with E-state index < -0.39 is 0 Å². The molecule has 1 aliphatic carbocycles. The normalized spacial score (nSPS) is 32.2. The molecule has 0 aromatic carbocycles. The van der Waals surface area contributed by atoms with Gasteiger partial charge in [0.1, 0.15) is 0 Å². The first kappa shape index (κ1) is 7.09. The van der Waals surface area contributed by atoms with Crippen LogP contribution in [-0.4, -0.2) is 0 Å². The van der Waals surface area contributed by atoms with Gasteiger partial charge in [0.15, 0.2) is 0 Å². The second kappa shape index (κ2) is 3.22. The first-order chi connectivity index (χ1) is 4.86. The van der Waals surface area contributed by atoms with Gasteiger partial charge in [-0.3, -0.25) is 0 Å². The van der Waals surface area contributed by atoms with E-state index in [9.17, 15) is 0 Å². The summed E-state index contributed by atoms with van der Waals surface area (Å²) < 4.78 is 0. The molecule has 0 bridgehead atoms. The number of nitriles is 2. The van der Waals surface area contributed by atoms with Gasteiger partial charge >= 0.3 is 0 Å². The van der Waals surface area contributed by atoms with E-state index in [-0.39, 0.29) is 11.8 Å². The molecule has 0 aliphatic heterocycles. The third kappa shape index (κ3) is 1.48. The van der Waals surface area contributed by atoms with Crippen LogP contribution in [0.25, 0.3) is 0 Å². The highest BCUT2D eigenvalue weighted by Crippen LogP contribution is 2.27. The van der Waals surface area contributed by atoms with Crippen molar-refractivity contribution in [3.05, 3.63) is 0 Å². The van der Waals surface area contributed by atoms with E-state index in [4.69, 9.17) is 10.5 Å². The Labute approximate surface area is 61.1 Å². The van der Waals surface area contributed by atoms with Crippen LogP contribution in [0.1, 0.15) is 25.7 Å². The summed E-state index contributed by atoms with van der Waals surface area (Å²) >= 11 is 0. The Morgan fingerprint density at radius 2 is 1.50 bits per heavy atom. The second-order valence-corrected chi connectivity index (χ2v) is 2.82. The molecule has 0 spiro atoms. The third-order valence-electron chi connectivity index (χ3n) is 2.04. The van der Waals surface area contributed by atoms with E-state index >= 15 is 0 Å². The number of hydrogen-bond acceptors (Lipinski definition) is 2. The first-order valence-corrected chi connectivity index (χ1v) is 3.66. The van der Waals surface area contributed by atoms with Crippen molar-refractivity contribution in [1.82, 2.24) is 0 Å². The lowest BCUT2D eigenvalue weighted by molar-refractivity contribution is 0.365. The molecule has 1 fully saturated rings. The van der Waals surface area contributed by atoms with Gasteiger partial charge in [-0.1, -0.05) is 6.42 Å². The molecule has 0 amide bonds. The Bertz CT molecular complexity index is 164. The third-order valence-corrected chi connectivity index (χ3v) is 2.04. The summed E-state index contributed by atoms with van der Waals surface area (Å²) in [6.45, 7) is 0. The van der Waals surface area contributed by atoms with Gasteiger partial charge in [0.2, 0.25) is 0 Å². The van der Waals surface area contributed by atoms with Crippen LogP contribution >= 0.6 is 0 Å². The van der Waals surface area contributed by atoms with Crippen LogP contribution in [0.15, 0.2) is 0 Å². The summed E-state index contributed by atoms with van der Waals surface area (Å²) in [5.41, 5.74) is 0. The Morgan fingerprint density at radius 3 is 1.90 bits per heavy atom. The smallest absolute Gasteiger partial charge is 0.0656 e. The highest BCUT2D eigenvalue weighted by molar-refractivity contribution is 4.94. The zero-order chi connectivity index (χ0) is 7.40. The summed E-state index contributed by atoms with van der Waals surface area (Å²) in [4.78, 5) is 0. The highest BCUT2D eigenvalue weighted by atomic mass is 14.3. The van der Waals surface area contributed by atoms with Crippen molar-refractivity contribution in [1.29, 1.82) is 10.5 Å². The lowest BCUT2D eigenvalue weighted by Gasteiger charge is -2.18. The van der Waals surface area contributed by atoms with Crippen molar-refractivity contribution in [2.75, 3.05) is 0 Å². The maximum atomic E-state index is 8.54. The highest BCUT2D eigenvalue weighted by Gasteiger charge is 2.20. The standard InChI is InChI=1S/C8H10N2/c9-5-7-2-1-3-8(4-7)6-10/h7-8H,1-4H2/t7-,8+. The minimum atomic E-state index is 0.151. The van der Waals surface area contributed by atoms with Gasteiger partial charge in [0, 0.05) is 11.8 Å². The molecule has 1 saturated carbocycles. The van der Waals surface area contributed by atoms with Crippen molar-refractivity contribution < 1.29 is 0 Å². The Hall–Kier alpha value is -1.02. The molecule has 0 N–H and O–H groups in total. The fourth-order valence-electron chi connectivity index (χ4n) is 1.42. The van der Waals surface area contributed by atoms with Crippen LogP contribution in [0.2, 0.25) is 0 Å². The molecule has 1 rings (SSSR count). The fraction of sp³-hybridized carbons (Fsp3) is 0.750. The van der Waals surface area contributed by atoms with Crippen LogP contribution in [-0.2, 0) is 0 Å². The molecule has 52 valence electrons. The monoisotopic (exact) mass is 134 g/mol. The molecule has 0 unspecified atom stereocenters. The van der Waals surface area contributed by atoms with Crippen molar-refractivity contribution in [3.63, 3.8) is 0 Å². The minimum Gasteiger partial charge on any atom is -0.198 e. The molecular formula is C8H10N2. The average Bonchev–Trinajstić information content (AvgIpc) is 2.05. The quantitative estimate of drug-likeness (QED) is 0.507. The van der Waals surface area contributed by atoms with Gasteiger partial charge in [0.25, 0.3) is 0 Å². The van der Waals surface area contributed by atoms with Crippen molar-refractivity contribution in [2.45, 2.75) is 25.7 Å². The summed E-state index contributed by atoms with van der Waals surface area (Å²) in [6.07, 6.45) is 3.84. The number of rotatable bonds is 0. The Kier molecular flexibility index (Phi) is 2.29. The summed E-state index contributed by atoms with van der Waals surface area (Å²) in [5, 5.41) is 17.1. The summed E-state index contributed by atoms with van der Waals surface area (Å²) in [6, 6.07) is 4.43. The van der Waals surface area contributed by atoms with Gasteiger partial charge in [-0.25, -0.2) is 0 Å². The molecule has 2 nitrogen and oxygen atoms in total. The van der Waals surface area contributed by atoms with Gasteiger partial charge < -0.3 is 0 Å². The van der Waals surface area contributed by atoms with Gasteiger partial charge in [-0.2, -0.15) is 10.5 Å². The fourth-order valence-corrected chi connectivity index (χ4v) is 1.42. The topological polar surface area (TPSA) is 47.6 Å². The molecule has 2 atom stereocenters. The maximum Gasteiger partial charge on any atom is 0.0656 e. The maximum absolute atomic E-state index is 8.54. The Balaban J connectivity index is 2.43. The van der Waals surface area contributed by atoms with E-state index in [1.807, 2.05) is 0 Å². The second-order valence-electron chi connectivity index (χ2n) is 2.82. The molecule has 1 aliphatic rings. The average molecular weight is 134 g/mol. The van der Waals surface area contributed by atoms with Gasteiger partial charge in [-0.05, 0) is 19.3 Å². The molecule has 0 saturated heterocycles. The van der Waals surface area contributed by atoms with Crippen molar-refractivity contribution >= 4 is 0 Å². The van der Waals surface area contributed by atoms with Gasteiger partial charge in [-0.15, -0.1) is 0 Å². The van der Waals surface area contributed by atoms with Crippen molar-refractivity contribution in [3.8, 4) is 12.1 Å². The molecule has 0 aromatic heterocycles. The molecule has 0 heterocycles. The van der Waals surface area contributed by atoms with Gasteiger partial charge in [0.05, 0.1) is 12.1 Å². The first-order valence-electron chi connectivity index (χ1n) is 3.66. The molecule has 0 radical (unpaired) electrons. The Morgan fingerprint density at radius 1 is 1.00 bits per heavy atom. The van der Waals surface area contributed by atoms with Crippen LogP contribution in [0, 0.1) is 34.5 Å². The molecule has 2 heteroatoms. The predicted molar refractivity (Wildman–Crippen MR) is 36.7 cm³/mol. The number of hydrogen-bond donors (Lipinski definition) is 0. The number of nitrogens with zero attached hydrogens (tertiary/aromatic N) is 2. The van der Waals surface area contributed by atoms with E-state index in [1.165, 1.54) is 0 Å². The van der Waals surface area contributed by atoms with Crippen LogP contribution in [0.3, 0.4) is 0 Å². The summed E-state index contributed by atoms with van der Waals surface area (Å²) in [7, 11) is 0. The molecule has 10 heavy (non-hydrogen) atoms. The van der Waals surface area contributed by atoms with E-state index in [0.717, 1.165) is 25.7 Å². The zero-order valence-corrected chi connectivity index (χ0v) is 5.88. The molecule has 0 aromatic rings. The van der Waals surface area contributed by atoms with E-state index in [2.05, 4.69) is 12.1 Å². The van der Waals surface area contributed by atoms with Crippen LogP contribution in [0.5, 0.6) is 0 Å². The lowest BCUT2D eigenvalue weighted by Crippen LogP contribution is -2.12. The largest absolute Gasteiger partial charge is 0.198 e. The zero-order valence-electron chi connectivity index (χ0n) is 5.88. The summed E-state index contributed by atoms with van der Waals surface area (Å²) in [5.74, 6) is 0.303. The predicted octanol–water partition coefficient (Wildman–Crippen LogP) is 1.84.